The Morgan fingerprint density at radius 1 is 0.467 bits per heavy atom. The highest BCUT2D eigenvalue weighted by molar-refractivity contribution is 8.05. The lowest BCUT2D eigenvalue weighted by Crippen LogP contribution is -2.46. The molecule has 0 aromatic heterocycles. The molecule has 0 radical (unpaired) electrons. The number of hydrogen-bond donors (Lipinski definition) is 0. The zero-order chi connectivity index (χ0) is 29.8. The van der Waals surface area contributed by atoms with E-state index in [0.29, 0.717) is 0 Å². The first-order chi connectivity index (χ1) is 22.3. The van der Waals surface area contributed by atoms with Gasteiger partial charge in [0.15, 0.2) is 0 Å². The average molecular weight is 612 g/mol. The van der Waals surface area contributed by atoms with Crippen molar-refractivity contribution in [3.63, 3.8) is 0 Å². The monoisotopic (exact) mass is 611 g/mol. The van der Waals surface area contributed by atoms with Crippen LogP contribution < -0.4 is 4.90 Å². The lowest BCUT2D eigenvalue weighted by molar-refractivity contribution is 0.515. The van der Waals surface area contributed by atoms with Crippen molar-refractivity contribution in [2.75, 3.05) is 4.90 Å². The van der Waals surface area contributed by atoms with E-state index < -0.39 is 5.54 Å². The zero-order valence-corrected chi connectivity index (χ0v) is 26.2. The number of anilines is 2. The zero-order valence-electron chi connectivity index (χ0n) is 24.6. The van der Waals surface area contributed by atoms with Gasteiger partial charge in [0.1, 0.15) is 5.54 Å². The van der Waals surface area contributed by atoms with Gasteiger partial charge in [0.05, 0.1) is 11.4 Å². The number of rotatable bonds is 4. The van der Waals surface area contributed by atoms with Gasteiger partial charge in [-0.2, -0.15) is 0 Å². The molecular weight excluding hydrogens is 583 g/mol. The maximum Gasteiger partial charge on any atom is 0.101 e. The molecule has 0 spiro atoms. The molecular formula is C42H29NS2. The molecule has 0 saturated carbocycles. The molecule has 1 aliphatic heterocycles. The highest BCUT2D eigenvalue weighted by atomic mass is 32.2. The van der Waals surface area contributed by atoms with Gasteiger partial charge < -0.3 is 4.90 Å². The fourth-order valence-corrected chi connectivity index (χ4v) is 9.75. The molecule has 7 aromatic carbocycles. The molecule has 2 aliphatic rings. The first-order valence-electron chi connectivity index (χ1n) is 15.4. The SMILES string of the molecule is C1=Cc2ccccc2C(c2cccc3c2Sc2ccccc2S3)(N(c2cccc3ccccc23)c2cccc3ccccc23)C1. The van der Waals surface area contributed by atoms with Gasteiger partial charge in [-0.1, -0.05) is 157 Å². The van der Waals surface area contributed by atoms with Crippen LogP contribution in [0.5, 0.6) is 0 Å². The average Bonchev–Trinajstić information content (AvgIpc) is 3.11. The normalized spacial score (nSPS) is 16.6. The second kappa shape index (κ2) is 10.7. The van der Waals surface area contributed by atoms with Crippen LogP contribution in [-0.2, 0) is 5.54 Å². The third-order valence-electron chi connectivity index (χ3n) is 9.22. The van der Waals surface area contributed by atoms with Crippen LogP contribution in [0.1, 0.15) is 23.1 Å². The molecule has 1 aliphatic carbocycles. The van der Waals surface area contributed by atoms with Gasteiger partial charge in [-0.3, -0.25) is 0 Å². The maximum absolute atomic E-state index is 2.68. The molecule has 3 heteroatoms. The van der Waals surface area contributed by atoms with Crippen molar-refractivity contribution in [2.24, 2.45) is 0 Å². The van der Waals surface area contributed by atoms with E-state index >= 15 is 0 Å². The quantitative estimate of drug-likeness (QED) is 0.195. The Kier molecular flexibility index (Phi) is 6.36. The summed E-state index contributed by atoms with van der Waals surface area (Å²) in [4.78, 5) is 7.99. The molecule has 1 atom stereocenters. The van der Waals surface area contributed by atoms with Crippen LogP contribution in [0, 0.1) is 0 Å². The van der Waals surface area contributed by atoms with Gasteiger partial charge in [0.2, 0.25) is 0 Å². The summed E-state index contributed by atoms with van der Waals surface area (Å²) in [6.07, 6.45) is 5.53. The molecule has 1 heterocycles. The third-order valence-corrected chi connectivity index (χ3v) is 11.8. The van der Waals surface area contributed by atoms with Crippen LogP contribution in [0.3, 0.4) is 0 Å². The van der Waals surface area contributed by atoms with Crippen LogP contribution in [0.2, 0.25) is 0 Å². The number of nitrogens with zero attached hydrogens (tertiary/aromatic N) is 1. The summed E-state index contributed by atoms with van der Waals surface area (Å²) in [5.74, 6) is 0. The van der Waals surface area contributed by atoms with Gasteiger partial charge in [0.25, 0.3) is 0 Å². The lowest BCUT2D eigenvalue weighted by Gasteiger charge is -2.49. The minimum absolute atomic E-state index is 0.523. The smallest absolute Gasteiger partial charge is 0.101 e. The topological polar surface area (TPSA) is 3.24 Å². The Labute approximate surface area is 272 Å². The highest BCUT2D eigenvalue weighted by Gasteiger charge is 2.46. The predicted octanol–water partition coefficient (Wildman–Crippen LogP) is 12.1. The molecule has 0 fully saturated rings. The molecule has 0 N–H and O–H groups in total. The molecule has 9 rings (SSSR count). The Bertz CT molecular complexity index is 2200. The van der Waals surface area contributed by atoms with Crippen LogP contribution in [0.25, 0.3) is 27.6 Å². The summed E-state index contributed by atoms with van der Waals surface area (Å²) in [6, 6.07) is 56.0. The van der Waals surface area contributed by atoms with E-state index in [9.17, 15) is 0 Å². The second-order valence-corrected chi connectivity index (χ2v) is 13.8. The van der Waals surface area contributed by atoms with E-state index in [1.807, 2.05) is 23.5 Å². The van der Waals surface area contributed by atoms with Crippen LogP contribution >= 0.6 is 23.5 Å². The first-order valence-corrected chi connectivity index (χ1v) is 17.0. The fraction of sp³-hybridized carbons (Fsp3) is 0.0476. The van der Waals surface area contributed by atoms with Crippen molar-refractivity contribution in [1.29, 1.82) is 0 Å². The van der Waals surface area contributed by atoms with E-state index in [2.05, 4.69) is 169 Å². The summed E-state index contributed by atoms with van der Waals surface area (Å²) in [5, 5.41) is 4.97. The fourth-order valence-electron chi connectivity index (χ4n) is 7.29. The minimum Gasteiger partial charge on any atom is -0.326 e. The van der Waals surface area contributed by atoms with Crippen molar-refractivity contribution in [3.8, 4) is 0 Å². The molecule has 0 bridgehead atoms. The number of benzene rings is 7. The van der Waals surface area contributed by atoms with Crippen LogP contribution in [-0.4, -0.2) is 0 Å². The molecule has 1 nitrogen and oxygen atoms in total. The van der Waals surface area contributed by atoms with Gasteiger partial charge in [0, 0.05) is 30.4 Å². The summed E-state index contributed by atoms with van der Waals surface area (Å²) in [5.41, 5.74) is 5.82. The Morgan fingerprint density at radius 3 is 1.73 bits per heavy atom. The van der Waals surface area contributed by atoms with Gasteiger partial charge in [-0.05, 0) is 64.2 Å². The predicted molar refractivity (Wildman–Crippen MR) is 192 cm³/mol. The van der Waals surface area contributed by atoms with Crippen molar-refractivity contribution in [2.45, 2.75) is 31.5 Å². The third kappa shape index (κ3) is 4.19. The molecule has 1 unspecified atom stereocenters. The highest BCUT2D eigenvalue weighted by Crippen LogP contribution is 2.58. The molecule has 0 amide bonds. The van der Waals surface area contributed by atoms with Gasteiger partial charge in [-0.15, -0.1) is 0 Å². The van der Waals surface area contributed by atoms with Crippen molar-refractivity contribution >= 4 is 62.5 Å². The van der Waals surface area contributed by atoms with E-state index in [1.165, 1.54) is 69.2 Å². The molecule has 7 aromatic rings. The molecule has 45 heavy (non-hydrogen) atoms. The van der Waals surface area contributed by atoms with Gasteiger partial charge >= 0.3 is 0 Å². The molecule has 214 valence electrons. The summed E-state index contributed by atoms with van der Waals surface area (Å²) < 4.78 is 0. The summed E-state index contributed by atoms with van der Waals surface area (Å²) in [6.45, 7) is 0. The standard InChI is InChI=1S/C42H29NS2/c1-4-19-32-29(13-1)16-9-23-36(32)43(37-24-10-17-30-14-2-5-20-33(30)37)42(28-12-18-31-15-3-6-21-34(31)42)35-22-11-27-40-41(35)45-39-26-8-7-25-38(39)44-40/h1-27H,28H2. The number of fused-ring (bicyclic) bond motifs is 5. The van der Waals surface area contributed by atoms with Crippen molar-refractivity contribution in [3.05, 3.63) is 174 Å². The van der Waals surface area contributed by atoms with E-state index in [-0.39, 0.29) is 0 Å². The largest absolute Gasteiger partial charge is 0.326 e. The summed E-state index contributed by atoms with van der Waals surface area (Å²) >= 11 is 3.81. The molecule has 0 saturated heterocycles. The van der Waals surface area contributed by atoms with Gasteiger partial charge in [-0.25, -0.2) is 0 Å². The van der Waals surface area contributed by atoms with Crippen LogP contribution in [0.4, 0.5) is 11.4 Å². The van der Waals surface area contributed by atoms with E-state index in [1.54, 1.807) is 0 Å². The van der Waals surface area contributed by atoms with Crippen LogP contribution in [0.15, 0.2) is 177 Å². The second-order valence-electron chi connectivity index (χ2n) is 11.7. The minimum atomic E-state index is -0.523. The maximum atomic E-state index is 2.68. The lowest BCUT2D eigenvalue weighted by atomic mass is 9.72. The number of hydrogen-bond acceptors (Lipinski definition) is 3. The van der Waals surface area contributed by atoms with Crippen molar-refractivity contribution < 1.29 is 0 Å². The van der Waals surface area contributed by atoms with Crippen molar-refractivity contribution in [1.82, 2.24) is 0 Å². The first kappa shape index (κ1) is 26.7. The van der Waals surface area contributed by atoms with E-state index in [4.69, 9.17) is 0 Å². The Hall–Kier alpha value is -4.70. The van der Waals surface area contributed by atoms with E-state index in [0.717, 1.165) is 6.42 Å². The Morgan fingerprint density at radius 2 is 1.00 bits per heavy atom. The summed E-state index contributed by atoms with van der Waals surface area (Å²) in [7, 11) is 0. The Balaban J connectivity index is 1.43.